The number of benzene rings is 1. The molecule has 1 aliphatic carbocycles. The summed E-state index contributed by atoms with van der Waals surface area (Å²) < 4.78 is 2.23. The van der Waals surface area contributed by atoms with Crippen LogP contribution in [-0.2, 0) is 4.79 Å². The zero-order chi connectivity index (χ0) is 28.7. The molecule has 0 bridgehead atoms. The Morgan fingerprint density at radius 3 is 2.55 bits per heavy atom. The van der Waals surface area contributed by atoms with Crippen molar-refractivity contribution < 1.29 is 9.59 Å². The van der Waals surface area contributed by atoms with Gasteiger partial charge in [0, 0.05) is 84.7 Å². The molecule has 1 aromatic carbocycles. The van der Waals surface area contributed by atoms with Gasteiger partial charge in [0.1, 0.15) is 5.82 Å². The molecule has 1 atom stereocenters. The Bertz CT molecular complexity index is 1530. The van der Waals surface area contributed by atoms with Crippen molar-refractivity contribution in [1.82, 2.24) is 19.8 Å². The summed E-state index contributed by atoms with van der Waals surface area (Å²) in [4.78, 5) is 35.9. The fraction of sp³-hybridized carbons (Fsp3) is 0.424. The van der Waals surface area contributed by atoms with Gasteiger partial charge in [0.2, 0.25) is 0 Å². The van der Waals surface area contributed by atoms with Gasteiger partial charge in [-0.15, -0.1) is 0 Å². The zero-order valence-electron chi connectivity index (χ0n) is 24.8. The molecular weight excluding hydrogens is 498 g/mol. The number of aryl methyl sites for hydroxylation is 1. The quantitative estimate of drug-likeness (QED) is 0.435. The van der Waals surface area contributed by atoms with Crippen LogP contribution >= 0.6 is 0 Å². The van der Waals surface area contributed by atoms with E-state index >= 15 is 0 Å². The van der Waals surface area contributed by atoms with Crippen molar-refractivity contribution in [3.05, 3.63) is 70.6 Å². The van der Waals surface area contributed by atoms with E-state index in [1.54, 1.807) is 0 Å². The number of pyridine rings is 1. The van der Waals surface area contributed by atoms with E-state index in [-0.39, 0.29) is 24.3 Å². The lowest BCUT2D eigenvalue weighted by atomic mass is 9.92. The van der Waals surface area contributed by atoms with Crippen molar-refractivity contribution in [2.24, 2.45) is 0 Å². The van der Waals surface area contributed by atoms with Crippen LogP contribution < -0.4 is 10.2 Å². The standard InChI is InChI=1S/C33H41N5O2/c1-20(2)38-18-23(5)32-27(33(40)35-17-28-22(4)12-21(3)13-30(28)39)14-26(15-29(32)38)25-8-9-31(34-16-25)37-11-10-36(7)24(6)19-37/h8-9,12,14-16,18,20,24H,10-11,13,17,19H2,1-7H3,(H,35,40). The smallest absolute Gasteiger partial charge is 0.252 e. The van der Waals surface area contributed by atoms with Crippen molar-refractivity contribution in [2.75, 3.05) is 38.1 Å². The van der Waals surface area contributed by atoms with E-state index in [0.717, 1.165) is 64.2 Å². The van der Waals surface area contributed by atoms with Gasteiger partial charge in [-0.1, -0.05) is 11.6 Å². The first-order valence-corrected chi connectivity index (χ1v) is 14.3. The summed E-state index contributed by atoms with van der Waals surface area (Å²) in [6.07, 6.45) is 6.49. The maximum absolute atomic E-state index is 13.7. The van der Waals surface area contributed by atoms with Gasteiger partial charge in [-0.05, 0) is 89.6 Å². The third-order valence-electron chi connectivity index (χ3n) is 8.43. The van der Waals surface area contributed by atoms with Crippen LogP contribution in [0, 0.1) is 6.92 Å². The fourth-order valence-corrected chi connectivity index (χ4v) is 5.95. The van der Waals surface area contributed by atoms with Gasteiger partial charge in [0.15, 0.2) is 5.78 Å². The van der Waals surface area contributed by atoms with Crippen LogP contribution in [0.25, 0.3) is 22.0 Å². The van der Waals surface area contributed by atoms with Gasteiger partial charge in [-0.25, -0.2) is 4.98 Å². The number of likely N-dealkylation sites (N-methyl/N-ethyl adjacent to an activating group) is 1. The second-order valence-electron chi connectivity index (χ2n) is 11.8. The Morgan fingerprint density at radius 2 is 1.90 bits per heavy atom. The minimum absolute atomic E-state index is 0.0831. The minimum atomic E-state index is -0.174. The number of carbonyl (C=O) groups is 2. The van der Waals surface area contributed by atoms with Crippen LogP contribution in [0.1, 0.15) is 63.0 Å². The molecule has 1 fully saturated rings. The molecular formula is C33H41N5O2. The molecule has 2 aliphatic rings. The number of carbonyl (C=O) groups excluding carboxylic acids is 2. The molecule has 40 heavy (non-hydrogen) atoms. The third-order valence-corrected chi connectivity index (χ3v) is 8.43. The Kier molecular flexibility index (Phi) is 7.69. The molecule has 1 saturated heterocycles. The van der Waals surface area contributed by atoms with E-state index in [2.05, 4.69) is 78.8 Å². The van der Waals surface area contributed by atoms with Crippen LogP contribution in [0.15, 0.2) is 59.5 Å². The summed E-state index contributed by atoms with van der Waals surface area (Å²) in [6.45, 7) is 15.7. The molecule has 5 rings (SSSR count). The Hall–Kier alpha value is -3.71. The summed E-state index contributed by atoms with van der Waals surface area (Å²) in [6, 6.07) is 9.05. The van der Waals surface area contributed by atoms with E-state index in [1.165, 1.54) is 0 Å². The number of allylic oxidation sites excluding steroid dienone is 3. The van der Waals surface area contributed by atoms with Gasteiger partial charge >= 0.3 is 0 Å². The van der Waals surface area contributed by atoms with Gasteiger partial charge in [0.25, 0.3) is 5.91 Å². The average Bonchev–Trinajstić information content (AvgIpc) is 3.25. The zero-order valence-corrected chi connectivity index (χ0v) is 24.8. The minimum Gasteiger partial charge on any atom is -0.354 e. The number of amides is 1. The molecule has 1 N–H and O–H groups in total. The molecule has 1 aliphatic heterocycles. The normalized spacial score (nSPS) is 18.6. The molecule has 1 amide bonds. The van der Waals surface area contributed by atoms with Crippen molar-refractivity contribution in [3.63, 3.8) is 0 Å². The molecule has 0 saturated carbocycles. The largest absolute Gasteiger partial charge is 0.354 e. The highest BCUT2D eigenvalue weighted by atomic mass is 16.2. The number of hydrogen-bond acceptors (Lipinski definition) is 5. The van der Waals surface area contributed by atoms with E-state index in [4.69, 9.17) is 4.98 Å². The van der Waals surface area contributed by atoms with E-state index in [1.807, 2.05) is 32.2 Å². The number of nitrogens with one attached hydrogen (secondary N) is 1. The van der Waals surface area contributed by atoms with Gasteiger partial charge < -0.3 is 19.7 Å². The number of ketones is 1. The summed E-state index contributed by atoms with van der Waals surface area (Å²) in [5.41, 5.74) is 7.28. The second kappa shape index (κ2) is 11.0. The Morgan fingerprint density at radius 1 is 1.12 bits per heavy atom. The van der Waals surface area contributed by atoms with Crippen molar-refractivity contribution in [3.8, 4) is 11.1 Å². The highest BCUT2D eigenvalue weighted by Gasteiger charge is 2.23. The number of rotatable bonds is 6. The maximum Gasteiger partial charge on any atom is 0.252 e. The van der Waals surface area contributed by atoms with E-state index in [9.17, 15) is 9.59 Å². The number of Topliss-reactive ketones (excluding diaryl/α,β-unsaturated/α-hetero) is 1. The molecule has 3 heterocycles. The van der Waals surface area contributed by atoms with Gasteiger partial charge in [0.05, 0.1) is 0 Å². The summed E-state index contributed by atoms with van der Waals surface area (Å²) in [5, 5.41) is 4.00. The Balaban J connectivity index is 1.49. The number of nitrogens with zero attached hydrogens (tertiary/aromatic N) is 4. The van der Waals surface area contributed by atoms with Crippen molar-refractivity contribution >= 4 is 28.4 Å². The Labute approximate surface area is 237 Å². The number of aromatic nitrogens is 2. The predicted molar refractivity (Wildman–Crippen MR) is 163 cm³/mol. The van der Waals surface area contributed by atoms with Crippen LogP contribution in [0.3, 0.4) is 0 Å². The molecule has 210 valence electrons. The number of fused-ring (bicyclic) bond motifs is 1. The number of hydrogen-bond donors (Lipinski definition) is 1. The predicted octanol–water partition coefficient (Wildman–Crippen LogP) is 5.70. The summed E-state index contributed by atoms with van der Waals surface area (Å²) >= 11 is 0. The molecule has 1 unspecified atom stereocenters. The van der Waals surface area contributed by atoms with E-state index in [0.29, 0.717) is 23.6 Å². The molecule has 7 heteroatoms. The fourth-order valence-electron chi connectivity index (χ4n) is 5.95. The van der Waals surface area contributed by atoms with Crippen LogP contribution in [-0.4, -0.2) is 65.4 Å². The monoisotopic (exact) mass is 539 g/mol. The SMILES string of the molecule is CC1=CC(C)=C(CNC(=O)c2cc(-c3ccc(N4CCN(C)C(C)C4)nc3)cc3c2c(C)cn3C(C)C)C(=O)C1. The molecule has 2 aromatic heterocycles. The van der Waals surface area contributed by atoms with Crippen molar-refractivity contribution in [1.29, 1.82) is 0 Å². The first kappa shape index (κ1) is 27.8. The second-order valence-corrected chi connectivity index (χ2v) is 11.8. The molecule has 3 aromatic rings. The van der Waals surface area contributed by atoms with Crippen LogP contribution in [0.2, 0.25) is 0 Å². The summed E-state index contributed by atoms with van der Waals surface area (Å²) in [5.74, 6) is 0.890. The maximum atomic E-state index is 13.7. The molecule has 0 spiro atoms. The topological polar surface area (TPSA) is 70.5 Å². The van der Waals surface area contributed by atoms with Gasteiger partial charge in [-0.3, -0.25) is 9.59 Å². The average molecular weight is 540 g/mol. The third kappa shape index (κ3) is 5.35. The highest BCUT2D eigenvalue weighted by Crippen LogP contribution is 2.33. The lowest BCUT2D eigenvalue weighted by Crippen LogP contribution is -2.50. The molecule has 0 radical (unpaired) electrons. The summed E-state index contributed by atoms with van der Waals surface area (Å²) in [7, 11) is 2.17. The first-order valence-electron chi connectivity index (χ1n) is 14.3. The van der Waals surface area contributed by atoms with E-state index < -0.39 is 0 Å². The lowest BCUT2D eigenvalue weighted by molar-refractivity contribution is -0.115. The van der Waals surface area contributed by atoms with Crippen LogP contribution in [0.4, 0.5) is 5.82 Å². The molecule has 7 nitrogen and oxygen atoms in total. The highest BCUT2D eigenvalue weighted by molar-refractivity contribution is 6.10. The lowest BCUT2D eigenvalue weighted by Gasteiger charge is -2.38. The number of anilines is 1. The van der Waals surface area contributed by atoms with Gasteiger partial charge in [-0.2, -0.15) is 0 Å². The van der Waals surface area contributed by atoms with Crippen molar-refractivity contribution in [2.45, 2.75) is 60.0 Å². The number of piperazine rings is 1. The van der Waals surface area contributed by atoms with Crippen LogP contribution in [0.5, 0.6) is 0 Å². The first-order chi connectivity index (χ1) is 19.0.